The van der Waals surface area contributed by atoms with E-state index in [0.717, 1.165) is 5.56 Å². The summed E-state index contributed by atoms with van der Waals surface area (Å²) in [5.74, 6) is -1.09. The first-order valence-electron chi connectivity index (χ1n) is 4.72. The molecule has 2 rings (SSSR count). The molecule has 0 unspecified atom stereocenters. The summed E-state index contributed by atoms with van der Waals surface area (Å²) in [7, 11) is 0. The minimum atomic E-state index is -0.662. The van der Waals surface area contributed by atoms with E-state index < -0.39 is 11.8 Å². The smallest absolute Gasteiger partial charge is 0.222 e. The molecular weight excluding hydrogens is 212 g/mol. The van der Waals surface area contributed by atoms with Gasteiger partial charge in [-0.15, -0.1) is 0 Å². The van der Waals surface area contributed by atoms with Crippen molar-refractivity contribution in [3.05, 3.63) is 53.7 Å². The first-order valence-corrected chi connectivity index (χ1v) is 4.72. The van der Waals surface area contributed by atoms with E-state index in [9.17, 15) is 8.78 Å². The Labute approximate surface area is 91.5 Å². The van der Waals surface area contributed by atoms with Gasteiger partial charge in [-0.2, -0.15) is 9.37 Å². The second-order valence-electron chi connectivity index (χ2n) is 3.33. The highest BCUT2D eigenvalue weighted by Gasteiger charge is 2.06. The molecule has 0 saturated carbocycles. The average Bonchev–Trinajstić information content (AvgIpc) is 2.24. The predicted molar refractivity (Wildman–Crippen MR) is 55.4 cm³/mol. The van der Waals surface area contributed by atoms with Gasteiger partial charge in [-0.3, -0.25) is 0 Å². The standard InChI is InChI=1S/C12H9F2NO/c1-8-5-6-9(13)10(7-8)16-12-4-2-3-11(14)15-12/h2-7H,1H3. The lowest BCUT2D eigenvalue weighted by Crippen LogP contribution is -1.92. The number of aromatic nitrogens is 1. The maximum atomic E-state index is 13.3. The van der Waals surface area contributed by atoms with Crippen LogP contribution in [0.4, 0.5) is 8.78 Å². The van der Waals surface area contributed by atoms with E-state index in [1.54, 1.807) is 6.07 Å². The average molecular weight is 221 g/mol. The van der Waals surface area contributed by atoms with Crippen LogP contribution in [0.15, 0.2) is 36.4 Å². The number of hydrogen-bond acceptors (Lipinski definition) is 2. The molecule has 0 bridgehead atoms. The van der Waals surface area contributed by atoms with Gasteiger partial charge in [-0.25, -0.2) is 4.39 Å². The van der Waals surface area contributed by atoms with Gasteiger partial charge in [0.05, 0.1) is 0 Å². The summed E-state index contributed by atoms with van der Waals surface area (Å²) < 4.78 is 31.2. The molecule has 0 amide bonds. The molecule has 1 heterocycles. The Balaban J connectivity index is 2.30. The first kappa shape index (κ1) is 10.5. The molecule has 0 aliphatic heterocycles. The predicted octanol–water partition coefficient (Wildman–Crippen LogP) is 3.46. The van der Waals surface area contributed by atoms with Crippen molar-refractivity contribution in [2.24, 2.45) is 0 Å². The fourth-order valence-electron chi connectivity index (χ4n) is 1.25. The van der Waals surface area contributed by atoms with Gasteiger partial charge in [0.25, 0.3) is 0 Å². The maximum Gasteiger partial charge on any atom is 0.222 e. The lowest BCUT2D eigenvalue weighted by atomic mass is 10.2. The summed E-state index contributed by atoms with van der Waals surface area (Å²) >= 11 is 0. The van der Waals surface area contributed by atoms with Crippen molar-refractivity contribution >= 4 is 0 Å². The third kappa shape index (κ3) is 2.34. The highest BCUT2D eigenvalue weighted by molar-refractivity contribution is 5.32. The van der Waals surface area contributed by atoms with E-state index in [0.29, 0.717) is 0 Å². The summed E-state index contributed by atoms with van der Waals surface area (Å²) in [5, 5.41) is 0. The van der Waals surface area contributed by atoms with Crippen molar-refractivity contribution in [3.63, 3.8) is 0 Å². The third-order valence-corrected chi connectivity index (χ3v) is 1.99. The quantitative estimate of drug-likeness (QED) is 0.724. The van der Waals surface area contributed by atoms with Crippen molar-refractivity contribution in [1.29, 1.82) is 0 Å². The molecule has 0 aliphatic rings. The molecule has 16 heavy (non-hydrogen) atoms. The molecule has 0 aliphatic carbocycles. The Morgan fingerprint density at radius 2 is 1.94 bits per heavy atom. The van der Waals surface area contributed by atoms with Crippen LogP contribution in [0.25, 0.3) is 0 Å². The van der Waals surface area contributed by atoms with Gasteiger partial charge in [0.15, 0.2) is 11.6 Å². The highest BCUT2D eigenvalue weighted by atomic mass is 19.1. The van der Waals surface area contributed by atoms with E-state index in [1.807, 2.05) is 6.92 Å². The molecule has 0 spiro atoms. The fraction of sp³-hybridized carbons (Fsp3) is 0.0833. The van der Waals surface area contributed by atoms with Gasteiger partial charge in [0.1, 0.15) is 0 Å². The number of pyridine rings is 1. The largest absolute Gasteiger partial charge is 0.436 e. The Morgan fingerprint density at radius 1 is 1.12 bits per heavy atom. The van der Waals surface area contributed by atoms with Crippen LogP contribution in [0.2, 0.25) is 0 Å². The van der Waals surface area contributed by atoms with Crippen LogP contribution in [0.1, 0.15) is 5.56 Å². The lowest BCUT2D eigenvalue weighted by molar-refractivity contribution is 0.416. The van der Waals surface area contributed by atoms with Crippen molar-refractivity contribution in [2.45, 2.75) is 6.92 Å². The molecule has 1 aromatic carbocycles. The summed E-state index contributed by atoms with van der Waals surface area (Å²) in [5.41, 5.74) is 0.854. The minimum Gasteiger partial charge on any atom is -0.436 e. The summed E-state index contributed by atoms with van der Waals surface area (Å²) in [6.45, 7) is 1.81. The topological polar surface area (TPSA) is 22.1 Å². The zero-order chi connectivity index (χ0) is 11.5. The Hall–Kier alpha value is -1.97. The van der Waals surface area contributed by atoms with Crippen LogP contribution in [0, 0.1) is 18.7 Å². The maximum absolute atomic E-state index is 13.3. The molecule has 82 valence electrons. The second kappa shape index (κ2) is 4.26. The van der Waals surface area contributed by atoms with E-state index in [1.165, 1.54) is 30.3 Å². The van der Waals surface area contributed by atoms with Gasteiger partial charge in [0.2, 0.25) is 11.8 Å². The van der Waals surface area contributed by atoms with Crippen molar-refractivity contribution in [2.75, 3.05) is 0 Å². The van der Waals surface area contributed by atoms with Crippen molar-refractivity contribution in [1.82, 2.24) is 4.98 Å². The molecular formula is C12H9F2NO. The number of hydrogen-bond donors (Lipinski definition) is 0. The molecule has 4 heteroatoms. The number of ether oxygens (including phenoxy) is 1. The molecule has 0 saturated heterocycles. The zero-order valence-corrected chi connectivity index (χ0v) is 8.58. The molecule has 0 atom stereocenters. The number of aryl methyl sites for hydroxylation is 1. The Kier molecular flexibility index (Phi) is 2.81. The zero-order valence-electron chi connectivity index (χ0n) is 8.58. The third-order valence-electron chi connectivity index (χ3n) is 1.99. The van der Waals surface area contributed by atoms with Gasteiger partial charge < -0.3 is 4.74 Å². The lowest BCUT2D eigenvalue weighted by Gasteiger charge is -2.06. The van der Waals surface area contributed by atoms with Crippen LogP contribution in [0.5, 0.6) is 11.6 Å². The van der Waals surface area contributed by atoms with Gasteiger partial charge in [0, 0.05) is 6.07 Å². The van der Waals surface area contributed by atoms with Crippen LogP contribution in [-0.4, -0.2) is 4.98 Å². The van der Waals surface area contributed by atoms with Gasteiger partial charge in [-0.1, -0.05) is 12.1 Å². The fourth-order valence-corrected chi connectivity index (χ4v) is 1.25. The van der Waals surface area contributed by atoms with Crippen LogP contribution >= 0.6 is 0 Å². The molecule has 2 nitrogen and oxygen atoms in total. The van der Waals surface area contributed by atoms with Crippen LogP contribution < -0.4 is 4.74 Å². The number of benzene rings is 1. The number of nitrogens with zero attached hydrogens (tertiary/aromatic N) is 1. The van der Waals surface area contributed by atoms with Crippen LogP contribution in [0.3, 0.4) is 0 Å². The summed E-state index contributed by atoms with van der Waals surface area (Å²) in [6, 6.07) is 8.56. The van der Waals surface area contributed by atoms with Crippen molar-refractivity contribution < 1.29 is 13.5 Å². The van der Waals surface area contributed by atoms with Gasteiger partial charge in [-0.05, 0) is 30.7 Å². The van der Waals surface area contributed by atoms with Crippen molar-refractivity contribution in [3.8, 4) is 11.6 Å². The monoisotopic (exact) mass is 221 g/mol. The minimum absolute atomic E-state index is 0.0319. The first-order chi connectivity index (χ1) is 7.65. The second-order valence-corrected chi connectivity index (χ2v) is 3.33. The molecule has 2 aromatic rings. The normalized spacial score (nSPS) is 10.2. The molecule has 0 N–H and O–H groups in total. The van der Waals surface area contributed by atoms with Gasteiger partial charge >= 0.3 is 0 Å². The molecule has 0 radical (unpaired) electrons. The number of halogens is 2. The number of rotatable bonds is 2. The molecule has 0 fully saturated rings. The summed E-state index contributed by atoms with van der Waals surface area (Å²) in [4.78, 5) is 3.48. The SMILES string of the molecule is Cc1ccc(F)c(Oc2cccc(F)n2)c1. The van der Waals surface area contributed by atoms with Crippen LogP contribution in [-0.2, 0) is 0 Å². The Morgan fingerprint density at radius 3 is 2.69 bits per heavy atom. The Bertz CT molecular complexity index is 514. The van der Waals surface area contributed by atoms with E-state index >= 15 is 0 Å². The van der Waals surface area contributed by atoms with E-state index in [4.69, 9.17) is 4.74 Å². The highest BCUT2D eigenvalue weighted by Crippen LogP contribution is 2.23. The van der Waals surface area contributed by atoms with E-state index in [-0.39, 0.29) is 11.6 Å². The molecule has 1 aromatic heterocycles. The summed E-state index contributed by atoms with van der Waals surface area (Å²) in [6.07, 6.45) is 0. The van der Waals surface area contributed by atoms with E-state index in [2.05, 4.69) is 4.98 Å².